The first-order valence-corrected chi connectivity index (χ1v) is 24.5. The zero-order valence-corrected chi connectivity index (χ0v) is 31.6. The van der Waals surface area contributed by atoms with Crippen LogP contribution in [-0.2, 0) is 13.2 Å². The second-order valence-electron chi connectivity index (χ2n) is 12.7. The van der Waals surface area contributed by atoms with Crippen LogP contribution in [0.2, 0.25) is 0 Å². The molecule has 0 saturated carbocycles. The van der Waals surface area contributed by atoms with Crippen LogP contribution in [0, 0.1) is 0 Å². The Morgan fingerprint density at radius 2 is 0.550 bits per heavy atom. The summed E-state index contributed by atoms with van der Waals surface area (Å²) in [7, 11) is -2.12. The molecule has 0 spiro atoms. The molecule has 0 unspecified atom stereocenters. The van der Waals surface area contributed by atoms with Crippen LogP contribution in [0.1, 0.15) is 158 Å². The van der Waals surface area contributed by atoms with Gasteiger partial charge in [-0.15, -0.1) is 13.2 Å². The van der Waals surface area contributed by atoms with Gasteiger partial charge in [0.25, 0.3) is 0 Å². The van der Waals surface area contributed by atoms with Crippen molar-refractivity contribution in [2.75, 3.05) is 49.3 Å². The Balaban J connectivity index is 0. The van der Waals surface area contributed by atoms with Crippen LogP contribution in [-0.4, -0.2) is 49.3 Å². The molecule has 0 atom stereocenters. The SMILES string of the molecule is C=C.CCCCP(CCCC)(CCCC)(CCCC)O[P+](=O)OP(CCCC)(CCCC)(CCCC)CCCC. The fourth-order valence-electron chi connectivity index (χ4n) is 6.52. The Morgan fingerprint density at radius 1 is 0.400 bits per heavy atom. The number of rotatable bonds is 28. The topological polar surface area (TPSA) is 35.5 Å². The molecule has 0 aromatic carbocycles. The predicted octanol–water partition coefficient (Wildman–Crippen LogP) is 13.8. The molecular weight excluding hydrogens is 549 g/mol. The van der Waals surface area contributed by atoms with E-state index in [1.54, 1.807) is 0 Å². The summed E-state index contributed by atoms with van der Waals surface area (Å²) < 4.78 is 29.1. The molecule has 40 heavy (non-hydrogen) atoms. The van der Waals surface area contributed by atoms with E-state index in [1.165, 1.54) is 103 Å². The summed E-state index contributed by atoms with van der Waals surface area (Å²) in [6, 6.07) is 0. The molecular formula is C34H76O3P3+. The normalized spacial score (nSPS) is 14.4. The van der Waals surface area contributed by atoms with Gasteiger partial charge in [0.05, 0.1) is 0 Å². The fourth-order valence-corrected chi connectivity index (χ4v) is 24.2. The zero-order valence-electron chi connectivity index (χ0n) is 29.0. The molecule has 0 rings (SSSR count). The van der Waals surface area contributed by atoms with Crippen molar-refractivity contribution in [3.8, 4) is 0 Å². The summed E-state index contributed by atoms with van der Waals surface area (Å²) in [5.41, 5.74) is 0. The van der Waals surface area contributed by atoms with Crippen LogP contribution in [0.4, 0.5) is 0 Å². The summed E-state index contributed by atoms with van der Waals surface area (Å²) in [4.78, 5) is 0. The third-order valence-electron chi connectivity index (χ3n) is 9.21. The van der Waals surface area contributed by atoms with E-state index in [0.29, 0.717) is 0 Å². The molecule has 0 amide bonds. The van der Waals surface area contributed by atoms with Gasteiger partial charge in [-0.3, -0.25) is 0 Å². The first kappa shape index (κ1) is 42.8. The summed E-state index contributed by atoms with van der Waals surface area (Å²) in [5.74, 6) is 0. The van der Waals surface area contributed by atoms with E-state index < -0.39 is 21.9 Å². The van der Waals surface area contributed by atoms with Gasteiger partial charge in [-0.1, -0.05) is 0 Å². The van der Waals surface area contributed by atoms with Crippen LogP contribution in [0.3, 0.4) is 0 Å². The van der Waals surface area contributed by atoms with Gasteiger partial charge in [-0.05, 0) is 0 Å². The Morgan fingerprint density at radius 3 is 0.675 bits per heavy atom. The van der Waals surface area contributed by atoms with Gasteiger partial charge in [0.15, 0.2) is 0 Å². The molecule has 0 aliphatic heterocycles. The van der Waals surface area contributed by atoms with Gasteiger partial charge in [-0.2, -0.15) is 0 Å². The molecule has 0 N–H and O–H groups in total. The van der Waals surface area contributed by atoms with Crippen molar-refractivity contribution in [2.45, 2.75) is 158 Å². The van der Waals surface area contributed by atoms with Crippen LogP contribution in [0.5, 0.6) is 0 Å². The van der Waals surface area contributed by atoms with E-state index >= 15 is 0 Å². The van der Waals surface area contributed by atoms with Gasteiger partial charge in [-0.25, -0.2) is 0 Å². The fraction of sp³-hybridized carbons (Fsp3) is 0.941. The van der Waals surface area contributed by atoms with Crippen LogP contribution < -0.4 is 0 Å². The Kier molecular flexibility index (Phi) is 25.7. The van der Waals surface area contributed by atoms with Crippen molar-refractivity contribution < 1.29 is 13.2 Å². The van der Waals surface area contributed by atoms with Crippen molar-refractivity contribution in [3.63, 3.8) is 0 Å². The minimum atomic E-state index is -2.64. The molecule has 0 aliphatic rings. The second-order valence-corrected chi connectivity index (χ2v) is 25.5. The second kappa shape index (κ2) is 24.0. The van der Waals surface area contributed by atoms with E-state index in [4.69, 9.17) is 8.62 Å². The van der Waals surface area contributed by atoms with E-state index in [1.807, 2.05) is 0 Å². The predicted molar refractivity (Wildman–Crippen MR) is 193 cm³/mol. The zero-order chi connectivity index (χ0) is 30.9. The molecule has 0 bridgehead atoms. The van der Waals surface area contributed by atoms with E-state index in [-0.39, 0.29) is 0 Å². The number of hydrogen-bond acceptors (Lipinski definition) is 3. The maximum absolute atomic E-state index is 14.6. The Labute approximate surface area is 255 Å². The average Bonchev–Trinajstić information content (AvgIpc) is 2.98. The molecule has 0 aliphatic carbocycles. The summed E-state index contributed by atoms with van der Waals surface area (Å²) >= 11 is 0. The molecule has 0 fully saturated rings. The van der Waals surface area contributed by atoms with E-state index in [9.17, 15) is 4.57 Å². The van der Waals surface area contributed by atoms with E-state index in [2.05, 4.69) is 68.5 Å². The number of hydrogen-bond donors (Lipinski definition) is 0. The van der Waals surface area contributed by atoms with Crippen molar-refractivity contribution in [1.82, 2.24) is 0 Å². The van der Waals surface area contributed by atoms with Crippen LogP contribution in [0.25, 0.3) is 0 Å². The molecule has 244 valence electrons. The molecule has 0 aromatic heterocycles. The van der Waals surface area contributed by atoms with Crippen LogP contribution >= 0.6 is 21.9 Å². The van der Waals surface area contributed by atoms with Gasteiger partial charge in [0.1, 0.15) is 0 Å². The quantitative estimate of drug-likeness (QED) is 0.0641. The van der Waals surface area contributed by atoms with Crippen LogP contribution in [0.15, 0.2) is 13.2 Å². The summed E-state index contributed by atoms with van der Waals surface area (Å²) in [6.07, 6.45) is 28.2. The molecule has 0 saturated heterocycles. The standard InChI is InChI=1S/C32H72O3P3.C2H4/c1-9-17-25-37(26-18-10-2,27-19-11-3,28-20-12-4)34-36(33)35-38(29-21-13-5,30-22-14-6,31-23-15-7)32-24-16-8;1-2/h9-32H2,1-8H3;1-2H2/q+1;. The average molecular weight is 626 g/mol. The van der Waals surface area contributed by atoms with Crippen molar-refractivity contribution in [2.24, 2.45) is 0 Å². The van der Waals surface area contributed by atoms with Gasteiger partial charge >= 0.3 is 243 Å². The van der Waals surface area contributed by atoms with Gasteiger partial charge < -0.3 is 0 Å². The van der Waals surface area contributed by atoms with Crippen molar-refractivity contribution in [3.05, 3.63) is 13.2 Å². The molecule has 0 aromatic rings. The summed E-state index contributed by atoms with van der Waals surface area (Å²) in [5, 5.41) is 0. The van der Waals surface area contributed by atoms with Crippen molar-refractivity contribution >= 4 is 21.9 Å². The molecule has 0 radical (unpaired) electrons. The third-order valence-corrected chi connectivity index (χ3v) is 25.6. The monoisotopic (exact) mass is 626 g/mol. The molecule has 6 heteroatoms. The first-order chi connectivity index (χ1) is 19.2. The maximum atomic E-state index is 14.6. The van der Waals surface area contributed by atoms with E-state index in [0.717, 1.165) is 49.3 Å². The molecule has 3 nitrogen and oxygen atoms in total. The minimum absolute atomic E-state index is 1.15. The number of unbranched alkanes of at least 4 members (excludes halogenated alkanes) is 8. The van der Waals surface area contributed by atoms with Crippen molar-refractivity contribution in [1.29, 1.82) is 0 Å². The van der Waals surface area contributed by atoms with Gasteiger partial charge in [0.2, 0.25) is 0 Å². The first-order valence-electron chi connectivity index (χ1n) is 17.6. The summed E-state index contributed by atoms with van der Waals surface area (Å²) in [6.45, 7) is 19.1. The van der Waals surface area contributed by atoms with Gasteiger partial charge in [0, 0.05) is 0 Å². The molecule has 0 heterocycles. The Hall–Kier alpha value is 0.620. The third kappa shape index (κ3) is 14.9. The Bertz CT molecular complexity index is 489.